The smallest absolute Gasteiger partial charge is 0.0233 e. The molecule has 0 heterocycles. The van der Waals surface area contributed by atoms with E-state index in [2.05, 4.69) is 52.5 Å². The van der Waals surface area contributed by atoms with Gasteiger partial charge in [0.1, 0.15) is 0 Å². The third kappa shape index (κ3) is 4.51. The molecular weight excluding hydrogens is 156 g/mol. The van der Waals surface area contributed by atoms with Crippen molar-refractivity contribution in [1.29, 1.82) is 0 Å². The van der Waals surface area contributed by atoms with Gasteiger partial charge in [-0.25, -0.2) is 0 Å². The Morgan fingerprint density at radius 2 is 1.77 bits per heavy atom. The number of aryl methyl sites for hydroxylation is 2. The molecule has 72 valence electrons. The number of hydrogen-bond acceptors (Lipinski definition) is 0. The average molecular weight is 176 g/mol. The van der Waals surface area contributed by atoms with Gasteiger partial charge < -0.3 is 0 Å². The topological polar surface area (TPSA) is 0 Å². The van der Waals surface area contributed by atoms with Crippen LogP contribution in [0.5, 0.6) is 0 Å². The lowest BCUT2D eigenvalue weighted by Crippen LogP contribution is -1.80. The lowest BCUT2D eigenvalue weighted by Gasteiger charge is -1.99. The predicted octanol–water partition coefficient (Wildman–Crippen LogP) is 4.36. The van der Waals surface area contributed by atoms with E-state index in [4.69, 9.17) is 0 Å². The van der Waals surface area contributed by atoms with Crippen molar-refractivity contribution in [2.45, 2.75) is 34.1 Å². The summed E-state index contributed by atoms with van der Waals surface area (Å²) in [4.78, 5) is 0. The standard InChI is InChI=1S/C10H12.C3H8/c1-4-10-6-5-8(2)7-9(10)3;1-3-2/h4-7H,1H2,2-3H3;3H2,1-2H3. The summed E-state index contributed by atoms with van der Waals surface area (Å²) in [7, 11) is 0. The lowest BCUT2D eigenvalue weighted by molar-refractivity contribution is 1.09. The Balaban J connectivity index is 0.000000424. The van der Waals surface area contributed by atoms with Gasteiger partial charge in [-0.1, -0.05) is 56.7 Å². The van der Waals surface area contributed by atoms with Crippen molar-refractivity contribution in [3.05, 3.63) is 41.5 Å². The minimum Gasteiger partial charge on any atom is -0.0985 e. The van der Waals surface area contributed by atoms with Crippen molar-refractivity contribution in [1.82, 2.24) is 0 Å². The monoisotopic (exact) mass is 176 g/mol. The van der Waals surface area contributed by atoms with Gasteiger partial charge in [0.15, 0.2) is 0 Å². The van der Waals surface area contributed by atoms with Gasteiger partial charge in [0.25, 0.3) is 0 Å². The van der Waals surface area contributed by atoms with E-state index >= 15 is 0 Å². The molecule has 0 bridgehead atoms. The Bertz CT molecular complexity index is 259. The SMILES string of the molecule is C=Cc1ccc(C)cc1C.CCC. The molecule has 1 aromatic carbocycles. The Hall–Kier alpha value is -1.04. The van der Waals surface area contributed by atoms with Crippen LogP contribution in [0.1, 0.15) is 37.0 Å². The van der Waals surface area contributed by atoms with Crippen LogP contribution in [0, 0.1) is 13.8 Å². The molecule has 1 aromatic rings. The van der Waals surface area contributed by atoms with Crippen molar-refractivity contribution in [3.8, 4) is 0 Å². The molecule has 0 aliphatic carbocycles. The summed E-state index contributed by atoms with van der Waals surface area (Å²) in [6.07, 6.45) is 3.13. The largest absolute Gasteiger partial charge is 0.0985 e. The summed E-state index contributed by atoms with van der Waals surface area (Å²) in [5.41, 5.74) is 3.84. The Kier molecular flexibility index (Phi) is 5.96. The molecule has 0 N–H and O–H groups in total. The van der Waals surface area contributed by atoms with Gasteiger partial charge in [-0.05, 0) is 25.0 Å². The summed E-state index contributed by atoms with van der Waals surface area (Å²) < 4.78 is 0. The molecule has 1 rings (SSSR count). The second kappa shape index (κ2) is 6.47. The van der Waals surface area contributed by atoms with Crippen molar-refractivity contribution >= 4 is 6.08 Å². The van der Waals surface area contributed by atoms with Gasteiger partial charge in [0.2, 0.25) is 0 Å². The fourth-order valence-corrected chi connectivity index (χ4v) is 1.05. The normalized spacial score (nSPS) is 8.62. The molecule has 0 saturated heterocycles. The molecule has 13 heavy (non-hydrogen) atoms. The molecule has 0 fully saturated rings. The predicted molar refractivity (Wildman–Crippen MR) is 62.0 cm³/mol. The molecule has 0 heteroatoms. The fourth-order valence-electron chi connectivity index (χ4n) is 1.05. The first-order chi connectivity index (χ1) is 6.15. The minimum absolute atomic E-state index is 1.23. The van der Waals surface area contributed by atoms with E-state index in [9.17, 15) is 0 Å². The van der Waals surface area contributed by atoms with E-state index < -0.39 is 0 Å². The second-order valence-electron chi connectivity index (χ2n) is 3.27. The maximum Gasteiger partial charge on any atom is -0.0233 e. The molecule has 0 atom stereocenters. The Labute approximate surface area is 82.3 Å². The molecule has 0 saturated carbocycles. The van der Waals surface area contributed by atoms with E-state index in [1.807, 2.05) is 6.08 Å². The zero-order valence-electron chi connectivity index (χ0n) is 9.22. The highest BCUT2D eigenvalue weighted by atomic mass is 14.0. The van der Waals surface area contributed by atoms with Crippen molar-refractivity contribution in [2.75, 3.05) is 0 Å². The molecule has 0 aliphatic heterocycles. The van der Waals surface area contributed by atoms with E-state index in [1.165, 1.54) is 23.1 Å². The van der Waals surface area contributed by atoms with Crippen LogP contribution >= 0.6 is 0 Å². The maximum atomic E-state index is 3.72. The van der Waals surface area contributed by atoms with E-state index in [-0.39, 0.29) is 0 Å². The first kappa shape index (κ1) is 12.0. The van der Waals surface area contributed by atoms with Crippen molar-refractivity contribution < 1.29 is 0 Å². The van der Waals surface area contributed by atoms with Crippen LogP contribution in [-0.2, 0) is 0 Å². The summed E-state index contributed by atoms with van der Waals surface area (Å²) in [5.74, 6) is 0. The highest BCUT2D eigenvalue weighted by Crippen LogP contribution is 2.10. The third-order valence-corrected chi connectivity index (χ3v) is 1.65. The first-order valence-electron chi connectivity index (χ1n) is 4.85. The zero-order valence-corrected chi connectivity index (χ0v) is 9.22. The molecule has 0 aliphatic rings. The van der Waals surface area contributed by atoms with Crippen molar-refractivity contribution in [3.63, 3.8) is 0 Å². The van der Waals surface area contributed by atoms with Crippen molar-refractivity contribution in [2.24, 2.45) is 0 Å². The van der Waals surface area contributed by atoms with Crippen LogP contribution in [0.3, 0.4) is 0 Å². The van der Waals surface area contributed by atoms with E-state index in [1.54, 1.807) is 0 Å². The Morgan fingerprint density at radius 1 is 1.23 bits per heavy atom. The second-order valence-corrected chi connectivity index (χ2v) is 3.27. The zero-order chi connectivity index (χ0) is 10.3. The molecular formula is C13H20. The minimum atomic E-state index is 1.23. The lowest BCUT2D eigenvalue weighted by atomic mass is 10.1. The molecule has 0 aromatic heterocycles. The Morgan fingerprint density at radius 3 is 2.15 bits per heavy atom. The van der Waals surface area contributed by atoms with Crippen LogP contribution in [0.15, 0.2) is 24.8 Å². The molecule has 0 spiro atoms. The highest BCUT2D eigenvalue weighted by Gasteiger charge is 1.91. The molecule has 0 radical (unpaired) electrons. The number of benzene rings is 1. The number of hydrogen-bond donors (Lipinski definition) is 0. The van der Waals surface area contributed by atoms with Gasteiger partial charge in [-0.2, -0.15) is 0 Å². The van der Waals surface area contributed by atoms with E-state index in [0.717, 1.165) is 0 Å². The highest BCUT2D eigenvalue weighted by molar-refractivity contribution is 5.52. The molecule has 0 unspecified atom stereocenters. The molecule has 0 amide bonds. The van der Waals surface area contributed by atoms with Gasteiger partial charge in [-0.3, -0.25) is 0 Å². The number of rotatable bonds is 1. The van der Waals surface area contributed by atoms with Crippen LogP contribution in [0.2, 0.25) is 0 Å². The summed E-state index contributed by atoms with van der Waals surface area (Å²) >= 11 is 0. The maximum absolute atomic E-state index is 3.72. The van der Waals surface area contributed by atoms with Crippen LogP contribution in [0.4, 0.5) is 0 Å². The van der Waals surface area contributed by atoms with Crippen LogP contribution in [-0.4, -0.2) is 0 Å². The van der Waals surface area contributed by atoms with Crippen LogP contribution < -0.4 is 0 Å². The molecule has 0 nitrogen and oxygen atoms in total. The van der Waals surface area contributed by atoms with Crippen LogP contribution in [0.25, 0.3) is 6.08 Å². The summed E-state index contributed by atoms with van der Waals surface area (Å²) in [6, 6.07) is 6.36. The quantitative estimate of drug-likeness (QED) is 0.596. The average Bonchev–Trinajstić information content (AvgIpc) is 2.06. The summed E-state index contributed by atoms with van der Waals surface area (Å²) in [5, 5.41) is 0. The summed E-state index contributed by atoms with van der Waals surface area (Å²) in [6.45, 7) is 12.2. The van der Waals surface area contributed by atoms with E-state index in [0.29, 0.717) is 0 Å². The third-order valence-electron chi connectivity index (χ3n) is 1.65. The fraction of sp³-hybridized carbons (Fsp3) is 0.385. The van der Waals surface area contributed by atoms with Gasteiger partial charge in [-0.15, -0.1) is 0 Å². The van der Waals surface area contributed by atoms with Gasteiger partial charge >= 0.3 is 0 Å². The van der Waals surface area contributed by atoms with Gasteiger partial charge in [0.05, 0.1) is 0 Å². The first-order valence-corrected chi connectivity index (χ1v) is 4.85. The van der Waals surface area contributed by atoms with Gasteiger partial charge in [0, 0.05) is 0 Å².